The van der Waals surface area contributed by atoms with Crippen molar-refractivity contribution >= 4 is 21.6 Å². The SMILES string of the molecule is COc1cc(CN(Cc2ccc(Br)cc2)C2CCC(N)CC2)c([N+](=O)[O-])cc1OC. The third kappa shape index (κ3) is 5.50. The van der Waals surface area contributed by atoms with E-state index < -0.39 is 0 Å². The van der Waals surface area contributed by atoms with Gasteiger partial charge in [-0.1, -0.05) is 28.1 Å². The first-order valence-corrected chi connectivity index (χ1v) is 10.8. The molecule has 0 saturated heterocycles. The number of nitro benzene ring substituents is 1. The van der Waals surface area contributed by atoms with Crippen molar-refractivity contribution < 1.29 is 14.4 Å². The summed E-state index contributed by atoms with van der Waals surface area (Å²) < 4.78 is 11.7. The van der Waals surface area contributed by atoms with Crippen molar-refractivity contribution in [2.24, 2.45) is 5.73 Å². The summed E-state index contributed by atoms with van der Waals surface area (Å²) in [5.41, 5.74) is 7.93. The van der Waals surface area contributed by atoms with Crippen molar-refractivity contribution in [3.05, 3.63) is 62.1 Å². The van der Waals surface area contributed by atoms with Gasteiger partial charge < -0.3 is 15.2 Å². The van der Waals surface area contributed by atoms with E-state index in [2.05, 4.69) is 33.0 Å². The molecule has 7 nitrogen and oxygen atoms in total. The average molecular weight is 478 g/mol. The van der Waals surface area contributed by atoms with Crippen LogP contribution in [0.4, 0.5) is 5.69 Å². The highest BCUT2D eigenvalue weighted by atomic mass is 79.9. The van der Waals surface area contributed by atoms with Gasteiger partial charge in [-0.05, 0) is 49.4 Å². The lowest BCUT2D eigenvalue weighted by Crippen LogP contribution is -2.40. The van der Waals surface area contributed by atoms with E-state index in [-0.39, 0.29) is 16.7 Å². The molecule has 0 atom stereocenters. The number of methoxy groups -OCH3 is 2. The first-order valence-electron chi connectivity index (χ1n) is 10.0. The van der Waals surface area contributed by atoms with Crippen LogP contribution in [0.25, 0.3) is 0 Å². The van der Waals surface area contributed by atoms with Crippen molar-refractivity contribution in [2.75, 3.05) is 14.2 Å². The van der Waals surface area contributed by atoms with Crippen molar-refractivity contribution in [1.29, 1.82) is 0 Å². The Morgan fingerprint density at radius 2 is 1.67 bits per heavy atom. The first kappa shape index (κ1) is 22.5. The van der Waals surface area contributed by atoms with Crippen LogP contribution in [-0.2, 0) is 13.1 Å². The van der Waals surface area contributed by atoms with E-state index >= 15 is 0 Å². The lowest BCUT2D eigenvalue weighted by atomic mass is 9.90. The molecule has 2 aromatic carbocycles. The van der Waals surface area contributed by atoms with Gasteiger partial charge in [-0.2, -0.15) is 0 Å². The Morgan fingerprint density at radius 3 is 2.23 bits per heavy atom. The fourth-order valence-electron chi connectivity index (χ4n) is 4.03. The van der Waals surface area contributed by atoms with Gasteiger partial charge in [0.25, 0.3) is 5.69 Å². The van der Waals surface area contributed by atoms with E-state index in [9.17, 15) is 10.1 Å². The number of halogens is 1. The molecule has 162 valence electrons. The lowest BCUT2D eigenvalue weighted by Gasteiger charge is -2.36. The zero-order valence-corrected chi connectivity index (χ0v) is 18.9. The van der Waals surface area contributed by atoms with Crippen LogP contribution in [0.5, 0.6) is 11.5 Å². The normalized spacial score (nSPS) is 19.0. The summed E-state index contributed by atoms with van der Waals surface area (Å²) in [6, 6.07) is 11.9. The topological polar surface area (TPSA) is 90.9 Å². The van der Waals surface area contributed by atoms with Gasteiger partial charge in [-0.15, -0.1) is 0 Å². The second-order valence-electron chi connectivity index (χ2n) is 7.69. The monoisotopic (exact) mass is 477 g/mol. The maximum atomic E-state index is 11.8. The molecule has 3 rings (SSSR count). The van der Waals surface area contributed by atoms with E-state index in [0.29, 0.717) is 36.2 Å². The van der Waals surface area contributed by atoms with E-state index in [4.69, 9.17) is 15.2 Å². The predicted molar refractivity (Wildman–Crippen MR) is 120 cm³/mol. The molecule has 0 aromatic heterocycles. The Kier molecular flexibility index (Phi) is 7.69. The zero-order chi connectivity index (χ0) is 21.7. The first-order chi connectivity index (χ1) is 14.4. The minimum absolute atomic E-state index is 0.0426. The summed E-state index contributed by atoms with van der Waals surface area (Å²) in [5.74, 6) is 0.850. The molecule has 0 unspecified atom stereocenters. The van der Waals surface area contributed by atoms with Gasteiger partial charge in [-0.3, -0.25) is 15.0 Å². The maximum absolute atomic E-state index is 11.8. The Hall–Kier alpha value is -2.16. The van der Waals surface area contributed by atoms with Crippen molar-refractivity contribution in [1.82, 2.24) is 4.90 Å². The summed E-state index contributed by atoms with van der Waals surface area (Å²) in [6.07, 6.45) is 3.91. The number of ether oxygens (including phenoxy) is 2. The van der Waals surface area contributed by atoms with Gasteiger partial charge in [0.2, 0.25) is 0 Å². The highest BCUT2D eigenvalue weighted by Gasteiger charge is 2.28. The minimum Gasteiger partial charge on any atom is -0.493 e. The molecular weight excluding hydrogens is 450 g/mol. The van der Waals surface area contributed by atoms with E-state index in [1.54, 1.807) is 6.07 Å². The molecule has 30 heavy (non-hydrogen) atoms. The molecule has 1 saturated carbocycles. The quantitative estimate of drug-likeness (QED) is 0.439. The summed E-state index contributed by atoms with van der Waals surface area (Å²) >= 11 is 3.48. The molecule has 2 aromatic rings. The summed E-state index contributed by atoms with van der Waals surface area (Å²) in [7, 11) is 3.02. The fourth-order valence-corrected chi connectivity index (χ4v) is 4.30. The summed E-state index contributed by atoms with van der Waals surface area (Å²) in [5, 5.41) is 11.8. The molecule has 0 bridgehead atoms. The van der Waals surface area contributed by atoms with E-state index in [1.807, 2.05) is 12.1 Å². The number of nitrogens with two attached hydrogens (primary N) is 1. The van der Waals surface area contributed by atoms with Crippen molar-refractivity contribution in [3.63, 3.8) is 0 Å². The molecule has 0 heterocycles. The zero-order valence-electron chi connectivity index (χ0n) is 17.3. The fraction of sp³-hybridized carbons (Fsp3) is 0.455. The Morgan fingerprint density at radius 1 is 1.07 bits per heavy atom. The van der Waals surface area contributed by atoms with Gasteiger partial charge in [0.05, 0.1) is 25.2 Å². The third-order valence-electron chi connectivity index (χ3n) is 5.71. The maximum Gasteiger partial charge on any atom is 0.277 e. The van der Waals surface area contributed by atoms with Gasteiger partial charge in [0, 0.05) is 35.2 Å². The second kappa shape index (κ2) is 10.2. The lowest BCUT2D eigenvalue weighted by molar-refractivity contribution is -0.385. The van der Waals surface area contributed by atoms with E-state index in [0.717, 1.165) is 35.7 Å². The van der Waals surface area contributed by atoms with Gasteiger partial charge >= 0.3 is 0 Å². The molecule has 2 N–H and O–H groups in total. The Bertz CT molecular complexity index is 867. The molecule has 1 aliphatic carbocycles. The highest BCUT2D eigenvalue weighted by Crippen LogP contribution is 2.36. The van der Waals surface area contributed by atoms with Crippen LogP contribution in [0.1, 0.15) is 36.8 Å². The van der Waals surface area contributed by atoms with Crippen LogP contribution < -0.4 is 15.2 Å². The molecular formula is C22H28BrN3O4. The molecule has 0 amide bonds. The van der Waals surface area contributed by atoms with Gasteiger partial charge in [-0.25, -0.2) is 0 Å². The van der Waals surface area contributed by atoms with Crippen molar-refractivity contribution in [3.8, 4) is 11.5 Å². The molecule has 0 spiro atoms. The second-order valence-corrected chi connectivity index (χ2v) is 8.61. The van der Waals surface area contributed by atoms with Crippen LogP contribution in [0, 0.1) is 10.1 Å². The summed E-state index contributed by atoms with van der Waals surface area (Å²) in [6.45, 7) is 1.16. The molecule has 0 aliphatic heterocycles. The van der Waals surface area contributed by atoms with Gasteiger partial charge in [0.1, 0.15) is 0 Å². The van der Waals surface area contributed by atoms with Crippen LogP contribution in [0.2, 0.25) is 0 Å². The number of nitro groups is 1. The molecule has 0 radical (unpaired) electrons. The van der Waals surface area contributed by atoms with Crippen molar-refractivity contribution in [2.45, 2.75) is 50.9 Å². The third-order valence-corrected chi connectivity index (χ3v) is 6.24. The van der Waals surface area contributed by atoms with Crippen LogP contribution in [0.3, 0.4) is 0 Å². The molecule has 1 aliphatic rings. The Labute approximate surface area is 185 Å². The average Bonchev–Trinajstić information content (AvgIpc) is 2.74. The number of rotatable bonds is 8. The molecule has 8 heteroatoms. The number of nitrogens with zero attached hydrogens (tertiary/aromatic N) is 2. The van der Waals surface area contributed by atoms with Crippen LogP contribution >= 0.6 is 15.9 Å². The number of benzene rings is 2. The Balaban J connectivity index is 1.93. The minimum atomic E-state index is -0.355. The van der Waals surface area contributed by atoms with Gasteiger partial charge in [0.15, 0.2) is 11.5 Å². The van der Waals surface area contributed by atoms with E-state index in [1.165, 1.54) is 20.3 Å². The highest BCUT2D eigenvalue weighted by molar-refractivity contribution is 9.10. The van der Waals surface area contributed by atoms with Crippen LogP contribution in [-0.4, -0.2) is 36.1 Å². The largest absolute Gasteiger partial charge is 0.493 e. The number of hydrogen-bond donors (Lipinski definition) is 1. The summed E-state index contributed by atoms with van der Waals surface area (Å²) in [4.78, 5) is 13.7. The molecule has 1 fully saturated rings. The van der Waals surface area contributed by atoms with Crippen LogP contribution in [0.15, 0.2) is 40.9 Å². The number of hydrogen-bond acceptors (Lipinski definition) is 6. The smallest absolute Gasteiger partial charge is 0.277 e. The predicted octanol–water partition coefficient (Wildman–Crippen LogP) is 4.65. The standard InChI is InChI=1S/C22H28BrN3O4/c1-29-21-11-16(20(26(27)28)12-22(21)30-2)14-25(19-9-7-18(24)8-10-19)13-15-3-5-17(23)6-4-15/h3-6,11-12,18-19H,7-10,13-14,24H2,1-2H3.